The molecule has 7 nitrogen and oxygen atoms in total. The van der Waals surface area contributed by atoms with Crippen LogP contribution in [0.15, 0.2) is 18.2 Å². The van der Waals surface area contributed by atoms with Crippen molar-refractivity contribution in [3.8, 4) is 5.75 Å². The largest absolute Gasteiger partial charge is 0.487 e. The molecule has 198 valence electrons. The molecule has 1 aliphatic carbocycles. The Bertz CT molecular complexity index is 870. The maximum absolute atomic E-state index is 14.1. The number of β-amino-alcohol motifs (C(OH)–C–C–N with tert-alkyl or cyclic N) is 2. The Hall–Kier alpha value is -1.81. The summed E-state index contributed by atoms with van der Waals surface area (Å²) in [5, 5.41) is 22.9. The summed E-state index contributed by atoms with van der Waals surface area (Å²) in [6, 6.07) is 3.61. The minimum Gasteiger partial charge on any atom is -0.487 e. The number of methoxy groups -OCH3 is 1. The molecule has 1 heterocycles. The van der Waals surface area contributed by atoms with Gasteiger partial charge in [-0.25, -0.2) is 4.39 Å². The summed E-state index contributed by atoms with van der Waals surface area (Å²) in [5.41, 5.74) is -2.25. The lowest BCUT2D eigenvalue weighted by Gasteiger charge is -2.43. The SMILES string of the molecule is COCC(=O)N1CCN(CC2(O)CCC(C(C)(C)C)CC2)C[C@@](O)(COc2cccc(F)c2F)C1. The van der Waals surface area contributed by atoms with Gasteiger partial charge >= 0.3 is 0 Å². The Kier molecular flexibility index (Phi) is 8.78. The predicted molar refractivity (Wildman–Crippen MR) is 128 cm³/mol. The van der Waals surface area contributed by atoms with Gasteiger partial charge in [0.2, 0.25) is 11.7 Å². The molecule has 2 fully saturated rings. The fourth-order valence-corrected chi connectivity index (χ4v) is 5.30. The van der Waals surface area contributed by atoms with Gasteiger partial charge in [-0.05, 0) is 49.1 Å². The monoisotopic (exact) mass is 498 g/mol. The van der Waals surface area contributed by atoms with Crippen LogP contribution in [0.5, 0.6) is 5.75 Å². The van der Waals surface area contributed by atoms with Crippen LogP contribution < -0.4 is 4.74 Å². The summed E-state index contributed by atoms with van der Waals surface area (Å²) in [6.07, 6.45) is 3.19. The van der Waals surface area contributed by atoms with Gasteiger partial charge in [-0.2, -0.15) is 4.39 Å². The molecule has 1 saturated carbocycles. The molecule has 3 rings (SSSR count). The summed E-state index contributed by atoms with van der Waals surface area (Å²) in [4.78, 5) is 16.0. The first kappa shape index (κ1) is 27.8. The third-order valence-corrected chi connectivity index (χ3v) is 7.38. The number of carbonyl (C=O) groups excluding carboxylic acids is 1. The van der Waals surface area contributed by atoms with E-state index in [1.165, 1.54) is 24.1 Å². The molecule has 1 atom stereocenters. The van der Waals surface area contributed by atoms with Gasteiger partial charge in [-0.3, -0.25) is 9.69 Å². The lowest BCUT2D eigenvalue weighted by molar-refractivity contribution is -0.138. The first-order valence-electron chi connectivity index (χ1n) is 12.3. The molecule has 0 bridgehead atoms. The second kappa shape index (κ2) is 11.1. The highest BCUT2D eigenvalue weighted by Gasteiger charge is 2.42. The molecule has 2 N–H and O–H groups in total. The molecule has 1 saturated heterocycles. The molecule has 0 radical (unpaired) electrons. The number of benzene rings is 1. The summed E-state index contributed by atoms with van der Waals surface area (Å²) in [7, 11) is 1.42. The van der Waals surface area contributed by atoms with Crippen LogP contribution in [-0.4, -0.2) is 90.2 Å². The Morgan fingerprint density at radius 3 is 2.43 bits per heavy atom. The Balaban J connectivity index is 1.73. The minimum atomic E-state index is -1.56. The zero-order valence-electron chi connectivity index (χ0n) is 21.4. The Morgan fingerprint density at radius 1 is 1.11 bits per heavy atom. The van der Waals surface area contributed by atoms with Gasteiger partial charge in [0.25, 0.3) is 0 Å². The molecule has 35 heavy (non-hydrogen) atoms. The van der Waals surface area contributed by atoms with Crippen molar-refractivity contribution >= 4 is 5.91 Å². The van der Waals surface area contributed by atoms with E-state index in [4.69, 9.17) is 9.47 Å². The third-order valence-electron chi connectivity index (χ3n) is 7.38. The maximum Gasteiger partial charge on any atom is 0.248 e. The number of nitrogens with zero attached hydrogens (tertiary/aromatic N) is 2. The zero-order valence-corrected chi connectivity index (χ0v) is 21.4. The topological polar surface area (TPSA) is 82.5 Å². The van der Waals surface area contributed by atoms with E-state index in [2.05, 4.69) is 20.8 Å². The van der Waals surface area contributed by atoms with Gasteiger partial charge < -0.3 is 24.6 Å². The van der Waals surface area contributed by atoms with Crippen molar-refractivity contribution in [2.45, 2.75) is 57.7 Å². The predicted octanol–water partition coefficient (Wildman–Crippen LogP) is 2.83. The average molecular weight is 499 g/mol. The number of hydrogen-bond donors (Lipinski definition) is 2. The van der Waals surface area contributed by atoms with Gasteiger partial charge in [0, 0.05) is 33.3 Å². The van der Waals surface area contributed by atoms with E-state index < -0.39 is 22.8 Å². The van der Waals surface area contributed by atoms with Crippen LogP contribution in [-0.2, 0) is 9.53 Å². The van der Waals surface area contributed by atoms with Crippen LogP contribution in [0.4, 0.5) is 8.78 Å². The van der Waals surface area contributed by atoms with Gasteiger partial charge in [0.1, 0.15) is 18.8 Å². The van der Waals surface area contributed by atoms with Crippen LogP contribution in [0, 0.1) is 23.0 Å². The summed E-state index contributed by atoms with van der Waals surface area (Å²) in [5.74, 6) is -2.21. The first-order valence-corrected chi connectivity index (χ1v) is 12.3. The second-order valence-corrected chi connectivity index (χ2v) is 11.4. The molecule has 0 unspecified atom stereocenters. The van der Waals surface area contributed by atoms with E-state index in [1.807, 2.05) is 4.90 Å². The van der Waals surface area contributed by atoms with Crippen molar-refractivity contribution in [3.05, 3.63) is 29.8 Å². The number of amides is 1. The second-order valence-electron chi connectivity index (χ2n) is 11.4. The number of hydrogen-bond acceptors (Lipinski definition) is 6. The fourth-order valence-electron chi connectivity index (χ4n) is 5.30. The molecule has 1 aromatic rings. The lowest BCUT2D eigenvalue weighted by Crippen LogP contribution is -2.54. The molecule has 1 aromatic carbocycles. The standard InChI is InChI=1S/C26H40F2N2O5/c1-24(2,3)19-8-10-25(32,11-9-19)15-29-12-13-30(22(31)14-34-4)17-26(33,16-29)18-35-21-7-5-6-20(27)23(21)28/h5-7,19,32-33H,8-18H2,1-4H3/t19?,25?,26-/m0/s1. The first-order chi connectivity index (χ1) is 16.3. The molecular weight excluding hydrogens is 458 g/mol. The highest BCUT2D eigenvalue weighted by atomic mass is 19.2. The molecular formula is C26H40F2N2O5. The van der Waals surface area contributed by atoms with Crippen LogP contribution in [0.1, 0.15) is 46.5 Å². The Morgan fingerprint density at radius 2 is 1.80 bits per heavy atom. The molecule has 9 heteroatoms. The van der Waals surface area contributed by atoms with Crippen LogP contribution >= 0.6 is 0 Å². The smallest absolute Gasteiger partial charge is 0.248 e. The lowest BCUT2D eigenvalue weighted by atomic mass is 9.68. The number of rotatable bonds is 7. The number of aliphatic hydroxyl groups is 2. The van der Waals surface area contributed by atoms with Crippen molar-refractivity contribution in [3.63, 3.8) is 0 Å². The van der Waals surface area contributed by atoms with Crippen molar-refractivity contribution in [1.29, 1.82) is 0 Å². The maximum atomic E-state index is 14.1. The van der Waals surface area contributed by atoms with E-state index in [9.17, 15) is 23.8 Å². The van der Waals surface area contributed by atoms with Crippen LogP contribution in [0.3, 0.4) is 0 Å². The molecule has 1 amide bonds. The van der Waals surface area contributed by atoms with Gasteiger partial charge in [-0.15, -0.1) is 0 Å². The van der Waals surface area contributed by atoms with Gasteiger partial charge in [-0.1, -0.05) is 26.8 Å². The minimum absolute atomic E-state index is 0.0485. The highest BCUT2D eigenvalue weighted by molar-refractivity contribution is 5.77. The quantitative estimate of drug-likeness (QED) is 0.602. The molecule has 0 spiro atoms. The summed E-state index contributed by atoms with van der Waals surface area (Å²) in [6.45, 7) is 7.43. The van der Waals surface area contributed by atoms with Crippen molar-refractivity contribution in [2.24, 2.45) is 11.3 Å². The third kappa shape index (κ3) is 7.35. The van der Waals surface area contributed by atoms with Crippen LogP contribution in [0.25, 0.3) is 0 Å². The van der Waals surface area contributed by atoms with Crippen molar-refractivity contribution in [1.82, 2.24) is 9.80 Å². The Labute approximate surface area is 207 Å². The molecule has 2 aliphatic rings. The summed E-state index contributed by atoms with van der Waals surface area (Å²) >= 11 is 0. The number of carbonyl (C=O) groups is 1. The van der Waals surface area contributed by atoms with E-state index in [0.29, 0.717) is 38.4 Å². The molecule has 0 aromatic heterocycles. The fraction of sp³-hybridized carbons (Fsp3) is 0.731. The number of ether oxygens (including phenoxy) is 2. The van der Waals surface area contributed by atoms with Crippen molar-refractivity contribution < 1.29 is 33.3 Å². The molecule has 1 aliphatic heterocycles. The van der Waals surface area contributed by atoms with Crippen molar-refractivity contribution in [2.75, 3.05) is 53.0 Å². The average Bonchev–Trinajstić information content (AvgIpc) is 2.93. The van der Waals surface area contributed by atoms with E-state index in [-0.39, 0.29) is 43.4 Å². The van der Waals surface area contributed by atoms with Gasteiger partial charge in [0.15, 0.2) is 11.6 Å². The van der Waals surface area contributed by atoms with E-state index >= 15 is 0 Å². The van der Waals surface area contributed by atoms with Crippen LogP contribution in [0.2, 0.25) is 0 Å². The van der Waals surface area contributed by atoms with E-state index in [0.717, 1.165) is 18.9 Å². The highest BCUT2D eigenvalue weighted by Crippen LogP contribution is 2.41. The number of halogens is 2. The zero-order chi connectivity index (χ0) is 25.9. The van der Waals surface area contributed by atoms with E-state index in [1.54, 1.807) is 0 Å². The normalized spacial score (nSPS) is 28.6. The summed E-state index contributed by atoms with van der Waals surface area (Å²) < 4.78 is 38.2. The van der Waals surface area contributed by atoms with Gasteiger partial charge in [0.05, 0.1) is 12.1 Å².